The van der Waals surface area contributed by atoms with Crippen molar-refractivity contribution in [1.82, 2.24) is 20.2 Å². The van der Waals surface area contributed by atoms with Crippen molar-refractivity contribution in [3.8, 4) is 0 Å². The summed E-state index contributed by atoms with van der Waals surface area (Å²) in [7, 11) is 0. The smallest absolute Gasteiger partial charge is 0.214 e. The van der Waals surface area contributed by atoms with Gasteiger partial charge in [0.1, 0.15) is 6.54 Å². The van der Waals surface area contributed by atoms with Gasteiger partial charge in [0, 0.05) is 22.6 Å². The Morgan fingerprint density at radius 2 is 1.75 bits per heavy atom. The van der Waals surface area contributed by atoms with Crippen LogP contribution in [0.4, 0.5) is 0 Å². The first-order valence-corrected chi connectivity index (χ1v) is 10.6. The van der Waals surface area contributed by atoms with Crippen molar-refractivity contribution in [2.45, 2.75) is 50.7 Å². The number of aromatic nitrogens is 4. The van der Waals surface area contributed by atoms with Crippen LogP contribution in [0.5, 0.6) is 0 Å². The normalized spacial score (nSPS) is 20.8. The lowest BCUT2D eigenvalue weighted by Crippen LogP contribution is -3.12. The topological polar surface area (TPSA) is 48.0 Å². The average molecular weight is 395 g/mol. The molecule has 2 atom stereocenters. The fraction of sp³-hybridized carbons (Fsp3) is 0.409. The molecule has 1 fully saturated rings. The van der Waals surface area contributed by atoms with E-state index in [0.717, 1.165) is 30.4 Å². The quantitative estimate of drug-likeness (QED) is 0.739. The van der Waals surface area contributed by atoms with Gasteiger partial charge in [-0.1, -0.05) is 60.8 Å². The third kappa shape index (κ3) is 3.33. The molecule has 0 bridgehead atoms. The van der Waals surface area contributed by atoms with Gasteiger partial charge in [-0.15, -0.1) is 5.10 Å². The molecular formula is C22H25ClN5+. The molecule has 5 rings (SSSR count). The van der Waals surface area contributed by atoms with Crippen LogP contribution in [0.15, 0.2) is 48.5 Å². The summed E-state index contributed by atoms with van der Waals surface area (Å²) in [5.41, 5.74) is 4.13. The number of nitrogens with one attached hydrogen (secondary N) is 1. The SMILES string of the molecule is Clc1ccc([C@H](c2nnnn2C2CCCC2)[NH+]2CCc3ccccc3C2)cc1. The van der Waals surface area contributed by atoms with E-state index in [-0.39, 0.29) is 6.04 Å². The Balaban J connectivity index is 1.55. The maximum Gasteiger partial charge on any atom is 0.214 e. The first-order valence-electron chi connectivity index (χ1n) is 10.2. The predicted molar refractivity (Wildman–Crippen MR) is 108 cm³/mol. The van der Waals surface area contributed by atoms with Gasteiger partial charge in [0.05, 0.1) is 12.6 Å². The summed E-state index contributed by atoms with van der Waals surface area (Å²) in [6.45, 7) is 2.06. The molecular weight excluding hydrogens is 370 g/mol. The van der Waals surface area contributed by atoms with Gasteiger partial charge in [-0.25, -0.2) is 4.68 Å². The monoisotopic (exact) mass is 394 g/mol. The van der Waals surface area contributed by atoms with Crippen LogP contribution in [0, 0.1) is 0 Å². The molecule has 0 amide bonds. The van der Waals surface area contributed by atoms with Crippen molar-refractivity contribution < 1.29 is 4.90 Å². The summed E-state index contributed by atoms with van der Waals surface area (Å²) in [5.74, 6) is 0.989. The highest BCUT2D eigenvalue weighted by Gasteiger charge is 2.35. The zero-order valence-electron chi connectivity index (χ0n) is 15.9. The Kier molecular flexibility index (Phi) is 4.87. The number of tetrazole rings is 1. The Morgan fingerprint density at radius 3 is 2.54 bits per heavy atom. The maximum atomic E-state index is 6.18. The highest BCUT2D eigenvalue weighted by atomic mass is 35.5. The lowest BCUT2D eigenvalue weighted by molar-refractivity contribution is -0.941. The van der Waals surface area contributed by atoms with E-state index in [0.29, 0.717) is 6.04 Å². The molecule has 1 saturated carbocycles. The molecule has 28 heavy (non-hydrogen) atoms. The molecule has 0 radical (unpaired) electrons. The number of nitrogens with zero attached hydrogens (tertiary/aromatic N) is 4. The van der Waals surface area contributed by atoms with E-state index >= 15 is 0 Å². The molecule has 1 N–H and O–H groups in total. The fourth-order valence-electron chi connectivity index (χ4n) is 4.87. The average Bonchev–Trinajstić information content (AvgIpc) is 3.41. The van der Waals surface area contributed by atoms with Crippen LogP contribution in [0.1, 0.15) is 60.3 Å². The third-order valence-electron chi connectivity index (χ3n) is 6.31. The molecule has 2 heterocycles. The van der Waals surface area contributed by atoms with Gasteiger partial charge in [-0.3, -0.25) is 0 Å². The first-order chi connectivity index (χ1) is 13.8. The van der Waals surface area contributed by atoms with Gasteiger partial charge in [-0.2, -0.15) is 0 Å². The minimum absolute atomic E-state index is 0.112. The Hall–Kier alpha value is -2.24. The largest absolute Gasteiger partial charge is 0.318 e. The zero-order valence-corrected chi connectivity index (χ0v) is 16.6. The van der Waals surface area contributed by atoms with Gasteiger partial charge in [0.25, 0.3) is 0 Å². The molecule has 1 aliphatic carbocycles. The maximum absolute atomic E-state index is 6.18. The molecule has 0 spiro atoms. The third-order valence-corrected chi connectivity index (χ3v) is 6.56. The first kappa shape index (κ1) is 17.8. The Bertz CT molecular complexity index is 946. The zero-order chi connectivity index (χ0) is 18.9. The fourth-order valence-corrected chi connectivity index (χ4v) is 5.00. The van der Waals surface area contributed by atoms with Crippen LogP contribution in [0.2, 0.25) is 5.02 Å². The Morgan fingerprint density at radius 1 is 1.00 bits per heavy atom. The van der Waals surface area contributed by atoms with E-state index in [1.54, 1.807) is 0 Å². The summed E-state index contributed by atoms with van der Waals surface area (Å²) in [6, 6.07) is 17.6. The van der Waals surface area contributed by atoms with Gasteiger partial charge < -0.3 is 4.90 Å². The molecule has 5 nitrogen and oxygen atoms in total. The Labute approximate surface area is 170 Å². The number of hydrogen-bond donors (Lipinski definition) is 1. The van der Waals surface area contributed by atoms with Gasteiger partial charge >= 0.3 is 0 Å². The van der Waals surface area contributed by atoms with E-state index in [4.69, 9.17) is 11.6 Å². The van der Waals surface area contributed by atoms with Crippen molar-refractivity contribution in [2.24, 2.45) is 0 Å². The molecule has 3 aromatic rings. The number of hydrogen-bond acceptors (Lipinski definition) is 3. The van der Waals surface area contributed by atoms with Crippen molar-refractivity contribution in [1.29, 1.82) is 0 Å². The molecule has 144 valence electrons. The number of rotatable bonds is 4. The molecule has 2 aliphatic rings. The predicted octanol–water partition coefficient (Wildman–Crippen LogP) is 3.17. The van der Waals surface area contributed by atoms with Crippen molar-refractivity contribution in [3.05, 3.63) is 76.1 Å². The number of benzene rings is 2. The lowest BCUT2D eigenvalue weighted by atomic mass is 9.96. The van der Waals surface area contributed by atoms with Crippen LogP contribution >= 0.6 is 11.6 Å². The second-order valence-corrected chi connectivity index (χ2v) is 8.44. The van der Waals surface area contributed by atoms with Crippen LogP contribution < -0.4 is 4.90 Å². The van der Waals surface area contributed by atoms with Crippen molar-refractivity contribution >= 4 is 11.6 Å². The minimum Gasteiger partial charge on any atom is -0.318 e. The van der Waals surface area contributed by atoms with Crippen LogP contribution in [0.25, 0.3) is 0 Å². The second kappa shape index (κ2) is 7.64. The van der Waals surface area contributed by atoms with Crippen molar-refractivity contribution in [3.63, 3.8) is 0 Å². The minimum atomic E-state index is 0.112. The molecule has 0 saturated heterocycles. The highest BCUT2D eigenvalue weighted by Crippen LogP contribution is 2.31. The van der Waals surface area contributed by atoms with Crippen LogP contribution in [0.3, 0.4) is 0 Å². The molecule has 1 aliphatic heterocycles. The van der Waals surface area contributed by atoms with E-state index < -0.39 is 0 Å². The van der Waals surface area contributed by atoms with E-state index in [2.05, 4.69) is 56.6 Å². The van der Waals surface area contributed by atoms with E-state index in [9.17, 15) is 0 Å². The molecule has 1 unspecified atom stereocenters. The van der Waals surface area contributed by atoms with Gasteiger partial charge in [-0.05, 0) is 41.0 Å². The summed E-state index contributed by atoms with van der Waals surface area (Å²) in [6.07, 6.45) is 5.95. The summed E-state index contributed by atoms with van der Waals surface area (Å²) >= 11 is 6.18. The number of quaternary nitrogens is 1. The molecule has 6 heteroatoms. The summed E-state index contributed by atoms with van der Waals surface area (Å²) in [5, 5.41) is 13.8. The van der Waals surface area contributed by atoms with E-state index in [1.807, 2.05) is 12.1 Å². The van der Waals surface area contributed by atoms with E-state index in [1.165, 1.54) is 47.3 Å². The van der Waals surface area contributed by atoms with Gasteiger partial charge in [0.2, 0.25) is 5.82 Å². The van der Waals surface area contributed by atoms with Crippen LogP contribution in [-0.4, -0.2) is 26.8 Å². The summed E-state index contributed by atoms with van der Waals surface area (Å²) in [4.78, 5) is 1.50. The number of fused-ring (bicyclic) bond motifs is 1. The molecule has 1 aromatic heterocycles. The standard InChI is InChI=1S/C22H24ClN5/c23-19-11-9-17(10-12-19)21(22-24-25-26-28(22)20-7-3-4-8-20)27-14-13-16-5-1-2-6-18(16)15-27/h1-2,5-6,9-12,20-21H,3-4,7-8,13-15H2/p+1/t21-/m1/s1. The lowest BCUT2D eigenvalue weighted by Gasteiger charge is -2.32. The molecule has 2 aromatic carbocycles. The van der Waals surface area contributed by atoms with Gasteiger partial charge in [0.15, 0.2) is 6.04 Å². The van der Waals surface area contributed by atoms with Crippen LogP contribution in [-0.2, 0) is 13.0 Å². The summed E-state index contributed by atoms with van der Waals surface area (Å²) < 4.78 is 2.11. The van der Waals surface area contributed by atoms with Crippen molar-refractivity contribution in [2.75, 3.05) is 6.54 Å². The second-order valence-electron chi connectivity index (χ2n) is 8.01. The highest BCUT2D eigenvalue weighted by molar-refractivity contribution is 6.30. The number of halogens is 1.